The molecule has 4 aliphatic carbocycles. The van der Waals surface area contributed by atoms with E-state index in [0.29, 0.717) is 17.8 Å². The quantitative estimate of drug-likeness (QED) is 0.350. The molecule has 7 atom stereocenters. The summed E-state index contributed by atoms with van der Waals surface area (Å²) in [6, 6.07) is 0. The van der Waals surface area contributed by atoms with Crippen LogP contribution in [0, 0.1) is 39.4 Å². The largest absolute Gasteiger partial charge is 0.481 e. The molecule has 0 unspecified atom stereocenters. The fraction of sp³-hybridized carbons (Fsp3) is 0.862. The molecule has 0 heterocycles. The Morgan fingerprint density at radius 1 is 1.00 bits per heavy atom. The van der Waals surface area contributed by atoms with E-state index in [1.807, 2.05) is 0 Å². The third-order valence-corrected chi connectivity index (χ3v) is 11.6. The second-order valence-corrected chi connectivity index (χ2v) is 13.2. The lowest BCUT2D eigenvalue weighted by molar-refractivity contribution is -0.167. The van der Waals surface area contributed by atoms with Crippen LogP contribution in [0.1, 0.15) is 113 Å². The predicted molar refractivity (Wildman–Crippen MR) is 131 cm³/mol. The Hall–Kier alpha value is -1.32. The maximum absolute atomic E-state index is 11.8. The monoisotopic (exact) mass is 458 g/mol. The molecule has 0 aliphatic heterocycles. The first-order valence-corrected chi connectivity index (χ1v) is 13.4. The molecule has 33 heavy (non-hydrogen) atoms. The van der Waals surface area contributed by atoms with E-state index < -0.39 is 5.97 Å². The Morgan fingerprint density at radius 2 is 1.70 bits per heavy atom. The number of esters is 1. The van der Waals surface area contributed by atoms with E-state index in [-0.39, 0.29) is 40.2 Å². The van der Waals surface area contributed by atoms with Crippen LogP contribution >= 0.6 is 0 Å². The van der Waals surface area contributed by atoms with Crippen molar-refractivity contribution in [2.45, 2.75) is 119 Å². The summed E-state index contributed by atoms with van der Waals surface area (Å²) in [5.74, 6) is 0.793. The SMILES string of the molecule is CC(=O)O[C@@H]1CC[C@]2(C)C3=C(CC[C@H]2C1(C)C)[C@]1(C)CC[C@@H]([C@@H](C)CCC(=O)O)[C@@]1(C)CC3. The van der Waals surface area contributed by atoms with Gasteiger partial charge in [0, 0.05) is 18.8 Å². The highest BCUT2D eigenvalue weighted by Gasteiger charge is 2.63. The van der Waals surface area contributed by atoms with Crippen molar-refractivity contribution in [1.82, 2.24) is 0 Å². The molecule has 0 aromatic heterocycles. The van der Waals surface area contributed by atoms with Crippen molar-refractivity contribution in [2.75, 3.05) is 0 Å². The Bertz CT molecular complexity index is 856. The van der Waals surface area contributed by atoms with E-state index in [4.69, 9.17) is 4.74 Å². The highest BCUT2D eigenvalue weighted by molar-refractivity contribution is 5.66. The van der Waals surface area contributed by atoms with Gasteiger partial charge < -0.3 is 9.84 Å². The predicted octanol–water partition coefficient (Wildman–Crippen LogP) is 7.17. The molecule has 0 bridgehead atoms. The van der Waals surface area contributed by atoms with Gasteiger partial charge in [0.05, 0.1) is 0 Å². The van der Waals surface area contributed by atoms with Gasteiger partial charge in [-0.1, -0.05) is 52.7 Å². The first kappa shape index (κ1) is 24.8. The zero-order valence-electron chi connectivity index (χ0n) is 22.1. The molecule has 0 spiro atoms. The number of carboxylic acid groups (broad SMARTS) is 1. The van der Waals surface area contributed by atoms with Crippen LogP contribution in [-0.2, 0) is 14.3 Å². The summed E-state index contributed by atoms with van der Waals surface area (Å²) in [6.45, 7) is 16.1. The van der Waals surface area contributed by atoms with Crippen LogP contribution in [0.5, 0.6) is 0 Å². The molecule has 186 valence electrons. The number of hydrogen-bond donors (Lipinski definition) is 1. The molecule has 0 amide bonds. The molecule has 0 saturated heterocycles. The number of carbonyl (C=O) groups is 2. The Morgan fingerprint density at radius 3 is 2.33 bits per heavy atom. The fourth-order valence-electron chi connectivity index (χ4n) is 9.58. The van der Waals surface area contributed by atoms with E-state index >= 15 is 0 Å². The number of carbonyl (C=O) groups excluding carboxylic acids is 1. The lowest BCUT2D eigenvalue weighted by atomic mass is 9.43. The van der Waals surface area contributed by atoms with Gasteiger partial charge in [0.15, 0.2) is 0 Å². The van der Waals surface area contributed by atoms with Crippen molar-refractivity contribution >= 4 is 11.9 Å². The molecule has 2 fully saturated rings. The standard InChI is InChI=1S/C29H46O4/c1-18(8-11-25(31)32)20-12-16-29(7)22-9-10-23-26(3,4)24(33-19(2)30)14-15-27(23,5)21(22)13-17-28(20,29)6/h18,20,23-24H,8-17H2,1-7H3,(H,31,32)/t18-,20-,23-,24+,27+,28+,29-/m0/s1. The van der Waals surface area contributed by atoms with Crippen LogP contribution in [0.4, 0.5) is 0 Å². The normalized spacial score (nSPS) is 42.7. The van der Waals surface area contributed by atoms with E-state index in [0.717, 1.165) is 19.3 Å². The smallest absolute Gasteiger partial charge is 0.303 e. The summed E-state index contributed by atoms with van der Waals surface area (Å²) < 4.78 is 5.83. The molecule has 2 saturated carbocycles. The van der Waals surface area contributed by atoms with E-state index in [1.54, 1.807) is 18.1 Å². The van der Waals surface area contributed by atoms with Gasteiger partial charge in [0.25, 0.3) is 0 Å². The van der Waals surface area contributed by atoms with Gasteiger partial charge >= 0.3 is 11.9 Å². The second kappa shape index (κ2) is 8.12. The first-order chi connectivity index (χ1) is 15.3. The van der Waals surface area contributed by atoms with Crippen LogP contribution in [0.15, 0.2) is 11.1 Å². The number of hydrogen-bond acceptors (Lipinski definition) is 3. The zero-order valence-corrected chi connectivity index (χ0v) is 22.1. The molecule has 4 nitrogen and oxygen atoms in total. The van der Waals surface area contributed by atoms with Gasteiger partial charge in [0.1, 0.15) is 6.10 Å². The van der Waals surface area contributed by atoms with Crippen LogP contribution < -0.4 is 0 Å². The highest BCUT2D eigenvalue weighted by atomic mass is 16.5. The maximum atomic E-state index is 11.8. The lowest BCUT2D eigenvalue weighted by Crippen LogP contribution is -2.55. The molecule has 4 aliphatic rings. The zero-order chi connectivity index (χ0) is 24.4. The van der Waals surface area contributed by atoms with Crippen molar-refractivity contribution in [1.29, 1.82) is 0 Å². The number of aliphatic carboxylic acids is 1. The minimum Gasteiger partial charge on any atom is -0.481 e. The summed E-state index contributed by atoms with van der Waals surface area (Å²) >= 11 is 0. The van der Waals surface area contributed by atoms with Crippen LogP contribution in [-0.4, -0.2) is 23.1 Å². The van der Waals surface area contributed by atoms with Crippen molar-refractivity contribution in [3.05, 3.63) is 11.1 Å². The van der Waals surface area contributed by atoms with Crippen molar-refractivity contribution in [2.24, 2.45) is 39.4 Å². The number of allylic oxidation sites excluding steroid dienone is 2. The highest BCUT2D eigenvalue weighted by Crippen LogP contribution is 2.72. The Balaban J connectivity index is 1.65. The van der Waals surface area contributed by atoms with Crippen molar-refractivity contribution < 1.29 is 19.4 Å². The molecule has 0 radical (unpaired) electrons. The fourth-order valence-corrected chi connectivity index (χ4v) is 9.58. The summed E-state index contributed by atoms with van der Waals surface area (Å²) in [4.78, 5) is 23.0. The molecule has 4 rings (SSSR count). The third-order valence-electron chi connectivity index (χ3n) is 11.6. The molecule has 0 aromatic rings. The molecular formula is C29H46O4. The number of ether oxygens (including phenoxy) is 1. The van der Waals surface area contributed by atoms with Crippen molar-refractivity contribution in [3.63, 3.8) is 0 Å². The summed E-state index contributed by atoms with van der Waals surface area (Å²) in [6.07, 6.45) is 10.4. The van der Waals surface area contributed by atoms with Gasteiger partial charge in [-0.15, -0.1) is 0 Å². The Labute approximate surface area is 200 Å². The Kier molecular flexibility index (Phi) is 6.10. The summed E-state index contributed by atoms with van der Waals surface area (Å²) in [5.41, 5.74) is 4.18. The number of rotatable bonds is 5. The molecular weight excluding hydrogens is 412 g/mol. The number of carboxylic acids is 1. The molecule has 0 aromatic carbocycles. The van der Waals surface area contributed by atoms with Gasteiger partial charge in [-0.05, 0) is 91.8 Å². The van der Waals surface area contributed by atoms with Gasteiger partial charge in [-0.2, -0.15) is 0 Å². The lowest BCUT2D eigenvalue weighted by Gasteiger charge is -2.62. The van der Waals surface area contributed by atoms with Gasteiger partial charge in [-0.3, -0.25) is 9.59 Å². The maximum Gasteiger partial charge on any atom is 0.303 e. The van der Waals surface area contributed by atoms with E-state index in [9.17, 15) is 14.7 Å². The van der Waals surface area contributed by atoms with Crippen LogP contribution in [0.3, 0.4) is 0 Å². The minimum absolute atomic E-state index is 0.0115. The number of fused-ring (bicyclic) bond motifs is 4. The molecule has 4 heteroatoms. The summed E-state index contributed by atoms with van der Waals surface area (Å²) in [7, 11) is 0. The van der Waals surface area contributed by atoms with E-state index in [1.165, 1.54) is 38.5 Å². The first-order valence-electron chi connectivity index (χ1n) is 13.4. The molecule has 1 N–H and O–H groups in total. The minimum atomic E-state index is -0.667. The van der Waals surface area contributed by atoms with Gasteiger partial charge in [0.2, 0.25) is 0 Å². The van der Waals surface area contributed by atoms with Gasteiger partial charge in [-0.25, -0.2) is 0 Å². The van der Waals surface area contributed by atoms with Crippen molar-refractivity contribution in [3.8, 4) is 0 Å². The van der Waals surface area contributed by atoms with E-state index in [2.05, 4.69) is 41.5 Å². The van der Waals surface area contributed by atoms with Crippen LogP contribution in [0.2, 0.25) is 0 Å². The average molecular weight is 459 g/mol. The summed E-state index contributed by atoms with van der Waals surface area (Å²) in [5, 5.41) is 9.22. The van der Waals surface area contributed by atoms with Crippen LogP contribution in [0.25, 0.3) is 0 Å². The topological polar surface area (TPSA) is 63.6 Å². The third kappa shape index (κ3) is 3.60. The second-order valence-electron chi connectivity index (χ2n) is 13.2. The average Bonchev–Trinajstić information content (AvgIpc) is 3.00.